The number of carbonyl (C=O) groups is 2. The Balaban J connectivity index is 1.88. The van der Waals surface area contributed by atoms with Gasteiger partial charge in [-0.3, -0.25) is 4.79 Å². The zero-order chi connectivity index (χ0) is 17.0. The number of sulfonamides is 1. The van der Waals surface area contributed by atoms with E-state index in [-0.39, 0.29) is 25.6 Å². The minimum atomic E-state index is -3.27. The number of hydrogen-bond donors (Lipinski definition) is 3. The van der Waals surface area contributed by atoms with Gasteiger partial charge in [0.2, 0.25) is 10.0 Å². The molecule has 23 heavy (non-hydrogen) atoms. The molecule has 10 heteroatoms. The van der Waals surface area contributed by atoms with E-state index in [0.29, 0.717) is 17.1 Å². The van der Waals surface area contributed by atoms with Crippen LogP contribution in [0.2, 0.25) is 0 Å². The van der Waals surface area contributed by atoms with Crippen molar-refractivity contribution in [3.05, 3.63) is 18.2 Å². The average molecular weight is 342 g/mol. The Labute approximate surface area is 134 Å². The lowest BCUT2D eigenvalue weighted by atomic mass is 10.2. The van der Waals surface area contributed by atoms with E-state index in [9.17, 15) is 18.0 Å². The van der Waals surface area contributed by atoms with E-state index in [0.717, 1.165) is 6.26 Å². The van der Waals surface area contributed by atoms with Crippen LogP contribution in [0.4, 0.5) is 16.2 Å². The Morgan fingerprint density at radius 2 is 2.09 bits per heavy atom. The Morgan fingerprint density at radius 1 is 1.35 bits per heavy atom. The van der Waals surface area contributed by atoms with Crippen molar-refractivity contribution < 1.29 is 22.7 Å². The summed E-state index contributed by atoms with van der Waals surface area (Å²) in [6.45, 7) is 0.209. The molecule has 0 aliphatic carbocycles. The molecule has 0 bridgehead atoms. The van der Waals surface area contributed by atoms with Crippen LogP contribution in [0.1, 0.15) is 0 Å². The number of hydrogen-bond acceptors (Lipinski definition) is 5. The van der Waals surface area contributed by atoms with Gasteiger partial charge < -0.3 is 20.3 Å². The maximum atomic E-state index is 11.7. The van der Waals surface area contributed by atoms with Crippen LogP contribution in [0.3, 0.4) is 0 Å². The van der Waals surface area contributed by atoms with Gasteiger partial charge in [-0.25, -0.2) is 17.9 Å². The highest BCUT2D eigenvalue weighted by Crippen LogP contribution is 2.33. The highest BCUT2D eigenvalue weighted by atomic mass is 32.2. The van der Waals surface area contributed by atoms with Gasteiger partial charge in [-0.1, -0.05) is 0 Å². The van der Waals surface area contributed by atoms with Crippen LogP contribution >= 0.6 is 0 Å². The largest absolute Gasteiger partial charge is 0.481 e. The van der Waals surface area contributed by atoms with Gasteiger partial charge in [0, 0.05) is 31.9 Å². The Hall–Kier alpha value is -2.33. The first-order valence-corrected chi connectivity index (χ1v) is 8.68. The van der Waals surface area contributed by atoms with Gasteiger partial charge in [-0.2, -0.15) is 0 Å². The summed E-state index contributed by atoms with van der Waals surface area (Å²) < 4.78 is 29.3. The van der Waals surface area contributed by atoms with Gasteiger partial charge >= 0.3 is 6.03 Å². The number of likely N-dealkylation sites (N-methyl/N-ethyl adjacent to an activating group) is 1. The molecule has 0 fully saturated rings. The number of benzene rings is 1. The van der Waals surface area contributed by atoms with Gasteiger partial charge in [0.25, 0.3) is 5.91 Å². The molecule has 1 heterocycles. The molecule has 0 saturated heterocycles. The predicted octanol–water partition coefficient (Wildman–Crippen LogP) is -0.287. The minimum absolute atomic E-state index is 0.0453. The third kappa shape index (κ3) is 4.83. The van der Waals surface area contributed by atoms with Gasteiger partial charge in [0.05, 0.1) is 11.9 Å². The van der Waals surface area contributed by atoms with Crippen molar-refractivity contribution in [3.63, 3.8) is 0 Å². The number of fused-ring (bicyclic) bond motifs is 1. The minimum Gasteiger partial charge on any atom is -0.481 e. The van der Waals surface area contributed by atoms with E-state index < -0.39 is 16.1 Å². The van der Waals surface area contributed by atoms with Crippen molar-refractivity contribution in [2.45, 2.75) is 0 Å². The van der Waals surface area contributed by atoms with Crippen molar-refractivity contribution in [1.82, 2.24) is 10.0 Å². The number of amides is 3. The lowest BCUT2D eigenvalue weighted by molar-refractivity contribution is -0.120. The first kappa shape index (κ1) is 17.0. The molecule has 0 saturated carbocycles. The first-order chi connectivity index (χ1) is 10.8. The summed E-state index contributed by atoms with van der Waals surface area (Å²) in [5.74, 6) is 0.359. The summed E-state index contributed by atoms with van der Waals surface area (Å²) in [7, 11) is -1.62. The lowest BCUT2D eigenvalue weighted by Gasteiger charge is -2.26. The van der Waals surface area contributed by atoms with Crippen LogP contribution in [0, 0.1) is 0 Å². The molecule has 1 aromatic rings. The molecule has 1 aliphatic heterocycles. The highest BCUT2D eigenvalue weighted by molar-refractivity contribution is 7.88. The number of urea groups is 1. The van der Waals surface area contributed by atoms with Crippen LogP contribution in [0.25, 0.3) is 0 Å². The molecule has 0 aromatic heterocycles. The third-order valence-electron chi connectivity index (χ3n) is 3.08. The smallest absolute Gasteiger partial charge is 0.319 e. The molecule has 0 spiro atoms. The van der Waals surface area contributed by atoms with Crippen molar-refractivity contribution in [2.75, 3.05) is 43.2 Å². The van der Waals surface area contributed by atoms with E-state index in [1.165, 1.54) is 4.90 Å². The van der Waals surface area contributed by atoms with Crippen molar-refractivity contribution in [1.29, 1.82) is 0 Å². The van der Waals surface area contributed by atoms with E-state index >= 15 is 0 Å². The van der Waals surface area contributed by atoms with Gasteiger partial charge in [-0.15, -0.1) is 0 Å². The highest BCUT2D eigenvalue weighted by Gasteiger charge is 2.22. The predicted molar refractivity (Wildman–Crippen MR) is 85.2 cm³/mol. The molecule has 1 aliphatic rings. The number of anilines is 2. The molecule has 126 valence electrons. The van der Waals surface area contributed by atoms with Crippen LogP contribution in [0.15, 0.2) is 18.2 Å². The Bertz CT molecular complexity index is 719. The second-order valence-electron chi connectivity index (χ2n) is 4.97. The van der Waals surface area contributed by atoms with E-state index in [1.54, 1.807) is 25.2 Å². The first-order valence-electron chi connectivity index (χ1n) is 6.79. The standard InChI is InChI=1S/C13H18N4O5S/c1-17-10-4-3-9(7-11(10)22-8-12(17)18)16-13(19)14-5-6-15-23(2,20)21/h3-4,7,15H,5-6,8H2,1-2H3,(H2,14,16,19). The average Bonchev–Trinajstić information content (AvgIpc) is 2.47. The third-order valence-corrected chi connectivity index (χ3v) is 3.81. The number of rotatable bonds is 5. The normalized spacial score (nSPS) is 14.0. The van der Waals surface area contributed by atoms with E-state index in [2.05, 4.69) is 15.4 Å². The summed E-state index contributed by atoms with van der Waals surface area (Å²) in [6, 6.07) is 4.46. The lowest BCUT2D eigenvalue weighted by Crippen LogP contribution is -2.37. The SMILES string of the molecule is CN1C(=O)COc2cc(NC(=O)NCCNS(C)(=O)=O)ccc21. The summed E-state index contributed by atoms with van der Waals surface area (Å²) in [5, 5.41) is 5.12. The monoisotopic (exact) mass is 342 g/mol. The number of ether oxygens (including phenoxy) is 1. The summed E-state index contributed by atoms with van der Waals surface area (Å²) in [5.41, 5.74) is 1.13. The van der Waals surface area contributed by atoms with Crippen LogP contribution < -0.4 is 25.0 Å². The topological polar surface area (TPSA) is 117 Å². The Morgan fingerprint density at radius 3 is 2.78 bits per heavy atom. The molecule has 9 nitrogen and oxygen atoms in total. The fourth-order valence-corrected chi connectivity index (χ4v) is 2.42. The molecular weight excluding hydrogens is 324 g/mol. The van der Waals surface area contributed by atoms with Gasteiger partial charge in [0.1, 0.15) is 5.75 Å². The van der Waals surface area contributed by atoms with Crippen molar-refractivity contribution in [3.8, 4) is 5.75 Å². The Kier molecular flexibility index (Phi) is 5.06. The molecule has 1 aromatic carbocycles. The fraction of sp³-hybridized carbons (Fsp3) is 0.385. The van der Waals surface area contributed by atoms with Crippen LogP contribution in [-0.2, 0) is 14.8 Å². The summed E-state index contributed by atoms with van der Waals surface area (Å²) in [6.07, 6.45) is 1.04. The zero-order valence-corrected chi connectivity index (χ0v) is 13.6. The number of nitrogens with zero attached hydrogens (tertiary/aromatic N) is 1. The summed E-state index contributed by atoms with van der Waals surface area (Å²) in [4.78, 5) is 24.7. The maximum Gasteiger partial charge on any atom is 0.319 e. The molecule has 0 unspecified atom stereocenters. The zero-order valence-electron chi connectivity index (χ0n) is 12.8. The second kappa shape index (κ2) is 6.84. The van der Waals surface area contributed by atoms with E-state index in [4.69, 9.17) is 4.74 Å². The fourth-order valence-electron chi connectivity index (χ4n) is 1.94. The second-order valence-corrected chi connectivity index (χ2v) is 6.80. The summed E-state index contributed by atoms with van der Waals surface area (Å²) >= 11 is 0. The molecule has 0 radical (unpaired) electrons. The number of carbonyl (C=O) groups excluding carboxylic acids is 2. The number of nitrogens with one attached hydrogen (secondary N) is 3. The quantitative estimate of drug-likeness (QED) is 0.636. The molecule has 3 N–H and O–H groups in total. The molecular formula is C13H18N4O5S. The van der Waals surface area contributed by atoms with Crippen molar-refractivity contribution >= 4 is 33.3 Å². The molecule has 0 atom stereocenters. The van der Waals surface area contributed by atoms with Crippen molar-refractivity contribution in [2.24, 2.45) is 0 Å². The van der Waals surface area contributed by atoms with Crippen LogP contribution in [-0.4, -0.2) is 53.4 Å². The molecule has 3 amide bonds. The maximum absolute atomic E-state index is 11.7. The van der Waals surface area contributed by atoms with Gasteiger partial charge in [-0.05, 0) is 12.1 Å². The van der Waals surface area contributed by atoms with Gasteiger partial charge in [0.15, 0.2) is 6.61 Å². The van der Waals surface area contributed by atoms with E-state index in [1.807, 2.05) is 0 Å². The molecule has 2 rings (SSSR count). The van der Waals surface area contributed by atoms with Crippen LogP contribution in [0.5, 0.6) is 5.75 Å².